The monoisotopic (exact) mass is 374 g/mol. The van der Waals surface area contributed by atoms with Crippen molar-refractivity contribution in [2.24, 2.45) is 7.05 Å². The van der Waals surface area contributed by atoms with Crippen LogP contribution in [-0.4, -0.2) is 24.9 Å². The first-order valence-corrected chi connectivity index (χ1v) is 9.03. The molecule has 0 fully saturated rings. The van der Waals surface area contributed by atoms with Gasteiger partial charge in [-0.05, 0) is 36.9 Å². The first kappa shape index (κ1) is 17.9. The van der Waals surface area contributed by atoms with Crippen LogP contribution in [0.2, 0.25) is 0 Å². The summed E-state index contributed by atoms with van der Waals surface area (Å²) in [5.74, 6) is 1.71. The van der Waals surface area contributed by atoms with Crippen molar-refractivity contribution in [3.8, 4) is 11.3 Å². The van der Waals surface area contributed by atoms with E-state index in [9.17, 15) is 5.11 Å². The van der Waals surface area contributed by atoms with Crippen LogP contribution in [0.5, 0.6) is 0 Å². The topological polar surface area (TPSA) is 102 Å². The zero-order valence-electron chi connectivity index (χ0n) is 16.0. The van der Waals surface area contributed by atoms with Gasteiger partial charge in [-0.25, -0.2) is 9.97 Å². The Morgan fingerprint density at radius 1 is 1.14 bits per heavy atom. The van der Waals surface area contributed by atoms with Crippen molar-refractivity contribution < 1.29 is 5.11 Å². The van der Waals surface area contributed by atoms with E-state index in [1.54, 1.807) is 30.9 Å². The number of nitrogens with zero attached hydrogens (tertiary/aromatic N) is 4. The molecule has 4 aromatic rings. The standard InChI is InChI=1S/C21H22N6O/c1-12-6-4-5-7-15(12)17-8-14-9-19(23-11-16(14)21(22)24-17)25-20-10-18(13(2)28)27(3)26-20/h4-11,13,28H,1-3H3,(H2,22,24)(H,23,25,26). The minimum atomic E-state index is -0.597. The zero-order chi connectivity index (χ0) is 19.8. The van der Waals surface area contributed by atoms with Crippen molar-refractivity contribution in [3.05, 3.63) is 59.9 Å². The highest BCUT2D eigenvalue weighted by atomic mass is 16.3. The molecule has 7 heteroatoms. The molecule has 0 aliphatic heterocycles. The molecular weight excluding hydrogens is 352 g/mol. The predicted octanol–water partition coefficient (Wildman–Crippen LogP) is 3.72. The Labute approximate surface area is 162 Å². The number of aromatic nitrogens is 4. The van der Waals surface area contributed by atoms with Crippen molar-refractivity contribution >= 4 is 28.2 Å². The summed E-state index contributed by atoms with van der Waals surface area (Å²) in [6.45, 7) is 3.76. The van der Waals surface area contributed by atoms with Crippen molar-refractivity contribution in [2.75, 3.05) is 11.1 Å². The molecule has 0 aliphatic rings. The lowest BCUT2D eigenvalue weighted by Crippen LogP contribution is -2.01. The smallest absolute Gasteiger partial charge is 0.153 e. The van der Waals surface area contributed by atoms with Gasteiger partial charge in [-0.15, -0.1) is 0 Å². The quantitative estimate of drug-likeness (QED) is 0.503. The Balaban J connectivity index is 1.74. The largest absolute Gasteiger partial charge is 0.387 e. The average Bonchev–Trinajstić information content (AvgIpc) is 3.02. The predicted molar refractivity (Wildman–Crippen MR) is 111 cm³/mol. The first-order chi connectivity index (χ1) is 13.4. The van der Waals surface area contributed by atoms with Gasteiger partial charge in [-0.2, -0.15) is 5.10 Å². The molecule has 0 amide bonds. The lowest BCUT2D eigenvalue weighted by atomic mass is 10.0. The number of aryl methyl sites for hydroxylation is 2. The molecule has 0 radical (unpaired) electrons. The number of rotatable bonds is 4. The molecule has 0 bridgehead atoms. The number of hydrogen-bond acceptors (Lipinski definition) is 6. The Hall–Kier alpha value is -3.45. The number of hydrogen-bond donors (Lipinski definition) is 3. The summed E-state index contributed by atoms with van der Waals surface area (Å²) in [5.41, 5.74) is 9.93. The SMILES string of the molecule is Cc1ccccc1-c1cc2cc(Nc3cc(C(C)O)n(C)n3)ncc2c(N)n1. The Morgan fingerprint density at radius 2 is 1.93 bits per heavy atom. The third-order valence-electron chi connectivity index (χ3n) is 4.77. The molecule has 28 heavy (non-hydrogen) atoms. The van der Waals surface area contributed by atoms with Gasteiger partial charge >= 0.3 is 0 Å². The Bertz CT molecular complexity index is 1160. The molecule has 3 heterocycles. The summed E-state index contributed by atoms with van der Waals surface area (Å²) in [7, 11) is 1.79. The van der Waals surface area contributed by atoms with Crippen molar-refractivity contribution in [1.29, 1.82) is 0 Å². The molecule has 1 aromatic carbocycles. The van der Waals surface area contributed by atoms with Crippen molar-refractivity contribution in [2.45, 2.75) is 20.0 Å². The number of nitrogens with two attached hydrogens (primary N) is 1. The first-order valence-electron chi connectivity index (χ1n) is 9.03. The maximum absolute atomic E-state index is 9.79. The van der Waals surface area contributed by atoms with Crippen molar-refractivity contribution in [1.82, 2.24) is 19.7 Å². The fourth-order valence-corrected chi connectivity index (χ4v) is 3.31. The van der Waals surface area contributed by atoms with Gasteiger partial charge in [0.2, 0.25) is 0 Å². The van der Waals surface area contributed by atoms with Gasteiger partial charge in [-0.1, -0.05) is 24.3 Å². The summed E-state index contributed by atoms with van der Waals surface area (Å²) in [5, 5.41) is 19.1. The van der Waals surface area contributed by atoms with Gasteiger partial charge in [0.05, 0.1) is 17.5 Å². The Kier molecular flexibility index (Phi) is 4.44. The van der Waals surface area contributed by atoms with Crippen LogP contribution in [0.15, 0.2) is 48.7 Å². The van der Waals surface area contributed by atoms with Gasteiger partial charge in [-0.3, -0.25) is 4.68 Å². The van der Waals surface area contributed by atoms with Gasteiger partial charge in [0, 0.05) is 30.3 Å². The number of fused-ring (bicyclic) bond motifs is 1. The van der Waals surface area contributed by atoms with Crippen LogP contribution in [0.4, 0.5) is 17.5 Å². The molecule has 0 saturated carbocycles. The van der Waals surface area contributed by atoms with Crippen LogP contribution in [0.3, 0.4) is 0 Å². The molecule has 0 saturated heterocycles. The number of aliphatic hydroxyl groups is 1. The second kappa shape index (κ2) is 6.94. The molecular formula is C21H22N6O. The van der Waals surface area contributed by atoms with Crippen molar-refractivity contribution in [3.63, 3.8) is 0 Å². The van der Waals surface area contributed by atoms with Crippen LogP contribution >= 0.6 is 0 Å². The van der Waals surface area contributed by atoms with Gasteiger partial charge < -0.3 is 16.2 Å². The summed E-state index contributed by atoms with van der Waals surface area (Å²) >= 11 is 0. The van der Waals surface area contributed by atoms with E-state index in [0.717, 1.165) is 33.3 Å². The number of aliphatic hydroxyl groups excluding tert-OH is 1. The molecule has 3 aromatic heterocycles. The third-order valence-corrected chi connectivity index (χ3v) is 4.77. The van der Waals surface area contributed by atoms with E-state index in [2.05, 4.69) is 33.4 Å². The summed E-state index contributed by atoms with van der Waals surface area (Å²) < 4.78 is 1.65. The highest BCUT2D eigenvalue weighted by Gasteiger charge is 2.12. The van der Waals surface area contributed by atoms with Crippen LogP contribution in [0.1, 0.15) is 24.3 Å². The second-order valence-electron chi connectivity index (χ2n) is 6.88. The van der Waals surface area contributed by atoms with E-state index >= 15 is 0 Å². The zero-order valence-corrected chi connectivity index (χ0v) is 16.0. The van der Waals surface area contributed by atoms with E-state index in [4.69, 9.17) is 5.73 Å². The minimum absolute atomic E-state index is 0.448. The molecule has 7 nitrogen and oxygen atoms in total. The number of benzene rings is 1. The maximum atomic E-state index is 9.79. The fourth-order valence-electron chi connectivity index (χ4n) is 3.31. The van der Waals surface area contributed by atoms with Gasteiger partial charge in [0.15, 0.2) is 5.82 Å². The van der Waals surface area contributed by atoms with Crippen LogP contribution in [0, 0.1) is 6.92 Å². The average molecular weight is 374 g/mol. The summed E-state index contributed by atoms with van der Waals surface area (Å²) in [6, 6.07) is 13.8. The van der Waals surface area contributed by atoms with Gasteiger partial charge in [0.25, 0.3) is 0 Å². The van der Waals surface area contributed by atoms with E-state index in [-0.39, 0.29) is 0 Å². The third kappa shape index (κ3) is 3.27. The molecule has 1 unspecified atom stereocenters. The van der Waals surface area contributed by atoms with E-state index in [0.29, 0.717) is 17.5 Å². The number of nitrogen functional groups attached to an aromatic ring is 1. The van der Waals surface area contributed by atoms with Crippen LogP contribution in [0.25, 0.3) is 22.0 Å². The fraction of sp³-hybridized carbons (Fsp3) is 0.190. The minimum Gasteiger partial charge on any atom is -0.387 e. The molecule has 1 atom stereocenters. The van der Waals surface area contributed by atoms with Gasteiger partial charge in [0.1, 0.15) is 11.6 Å². The van der Waals surface area contributed by atoms with Crippen LogP contribution < -0.4 is 11.1 Å². The van der Waals surface area contributed by atoms with E-state index < -0.39 is 6.10 Å². The maximum Gasteiger partial charge on any atom is 0.153 e. The highest BCUT2D eigenvalue weighted by Crippen LogP contribution is 2.29. The number of anilines is 3. The van der Waals surface area contributed by atoms with E-state index in [1.165, 1.54) is 0 Å². The Morgan fingerprint density at radius 3 is 2.64 bits per heavy atom. The van der Waals surface area contributed by atoms with E-state index in [1.807, 2.05) is 30.3 Å². The normalized spacial score (nSPS) is 12.3. The molecule has 0 spiro atoms. The number of nitrogens with one attached hydrogen (secondary N) is 1. The lowest BCUT2D eigenvalue weighted by Gasteiger charge is -2.10. The highest BCUT2D eigenvalue weighted by molar-refractivity contribution is 5.94. The summed E-state index contributed by atoms with van der Waals surface area (Å²) in [4.78, 5) is 8.98. The molecule has 142 valence electrons. The molecule has 4 rings (SSSR count). The second-order valence-corrected chi connectivity index (χ2v) is 6.88. The van der Waals surface area contributed by atoms with Crippen LogP contribution in [-0.2, 0) is 7.05 Å². The molecule has 0 aliphatic carbocycles. The lowest BCUT2D eigenvalue weighted by molar-refractivity contribution is 0.189. The molecule has 4 N–H and O–H groups in total. The summed E-state index contributed by atoms with van der Waals surface area (Å²) in [6.07, 6.45) is 1.11. The number of pyridine rings is 2.